The topological polar surface area (TPSA) is 33.1 Å². The van der Waals surface area contributed by atoms with Gasteiger partial charge >= 0.3 is 0 Å². The van der Waals surface area contributed by atoms with Crippen molar-refractivity contribution in [1.29, 1.82) is 0 Å². The Morgan fingerprint density at radius 3 is 2.78 bits per heavy atom. The molecule has 18 heavy (non-hydrogen) atoms. The van der Waals surface area contributed by atoms with E-state index in [0.29, 0.717) is 11.3 Å². The molecule has 0 aliphatic rings. The Balaban J connectivity index is 2.32. The lowest BCUT2D eigenvalue weighted by Gasteiger charge is -1.99. The average molecular weight is 241 g/mol. The van der Waals surface area contributed by atoms with Gasteiger partial charge in [0.2, 0.25) is 0 Å². The van der Waals surface area contributed by atoms with E-state index in [9.17, 15) is 4.39 Å². The third-order valence-corrected chi connectivity index (χ3v) is 2.36. The van der Waals surface area contributed by atoms with Gasteiger partial charge in [-0.2, -0.15) is 0 Å². The van der Waals surface area contributed by atoms with Crippen LogP contribution in [-0.2, 0) is 6.61 Å². The maximum Gasteiger partial charge on any atom is 0.124 e. The second-order valence-electron chi connectivity index (χ2n) is 3.92. The largest absolute Gasteiger partial charge is 0.392 e. The summed E-state index contributed by atoms with van der Waals surface area (Å²) in [6.45, 7) is 1.80. The predicted octanol–water partition coefficient (Wildman–Crippen LogP) is 2.42. The van der Waals surface area contributed by atoms with Gasteiger partial charge in [-0.3, -0.25) is 0 Å². The van der Waals surface area contributed by atoms with Crippen LogP contribution in [0.4, 0.5) is 4.39 Å². The quantitative estimate of drug-likeness (QED) is 0.778. The number of aryl methyl sites for hydroxylation is 1. The fourth-order valence-corrected chi connectivity index (χ4v) is 1.60. The van der Waals surface area contributed by atoms with E-state index in [1.165, 1.54) is 12.1 Å². The molecule has 0 saturated heterocycles. The van der Waals surface area contributed by atoms with Crippen molar-refractivity contribution in [2.45, 2.75) is 13.5 Å². The molecule has 2 rings (SSSR count). The molecule has 0 radical (unpaired) electrons. The molecular formula is C15H12FNO. The van der Waals surface area contributed by atoms with E-state index in [2.05, 4.69) is 16.8 Å². The summed E-state index contributed by atoms with van der Waals surface area (Å²) in [6.07, 6.45) is 0. The van der Waals surface area contributed by atoms with Crippen molar-refractivity contribution in [1.82, 2.24) is 4.98 Å². The molecule has 2 aromatic rings. The van der Waals surface area contributed by atoms with Gasteiger partial charge in [-0.05, 0) is 48.7 Å². The average Bonchev–Trinajstić information content (AvgIpc) is 2.36. The third kappa shape index (κ3) is 3.16. The first-order valence-corrected chi connectivity index (χ1v) is 5.53. The van der Waals surface area contributed by atoms with Crippen molar-refractivity contribution < 1.29 is 9.50 Å². The molecule has 90 valence electrons. The molecule has 0 amide bonds. The summed E-state index contributed by atoms with van der Waals surface area (Å²) >= 11 is 0. The highest BCUT2D eigenvalue weighted by atomic mass is 19.1. The van der Waals surface area contributed by atoms with E-state index in [1.54, 1.807) is 24.3 Å². The fraction of sp³-hybridized carbons (Fsp3) is 0.133. The smallest absolute Gasteiger partial charge is 0.124 e. The summed E-state index contributed by atoms with van der Waals surface area (Å²) in [4.78, 5) is 4.24. The van der Waals surface area contributed by atoms with Crippen LogP contribution in [0, 0.1) is 24.6 Å². The predicted molar refractivity (Wildman–Crippen MR) is 67.3 cm³/mol. The number of aromatic nitrogens is 1. The zero-order chi connectivity index (χ0) is 13.0. The maximum absolute atomic E-state index is 13.0. The Labute approximate surface area is 105 Å². The minimum absolute atomic E-state index is 0.0436. The minimum atomic E-state index is -0.310. The summed E-state index contributed by atoms with van der Waals surface area (Å²) in [5, 5.41) is 9.08. The molecule has 0 aliphatic heterocycles. The van der Waals surface area contributed by atoms with Gasteiger partial charge in [-0.25, -0.2) is 9.37 Å². The van der Waals surface area contributed by atoms with Crippen molar-refractivity contribution in [3.05, 3.63) is 64.7 Å². The fourth-order valence-electron chi connectivity index (χ4n) is 1.60. The number of pyridine rings is 1. The number of rotatable bonds is 1. The van der Waals surface area contributed by atoms with Gasteiger partial charge in [0, 0.05) is 11.3 Å². The Morgan fingerprint density at radius 1 is 1.22 bits per heavy atom. The Kier molecular flexibility index (Phi) is 3.71. The van der Waals surface area contributed by atoms with E-state index in [0.717, 1.165) is 11.3 Å². The Hall–Kier alpha value is -2.18. The molecule has 1 aromatic heterocycles. The van der Waals surface area contributed by atoms with Gasteiger partial charge in [-0.1, -0.05) is 12.0 Å². The number of halogens is 1. The van der Waals surface area contributed by atoms with Crippen molar-refractivity contribution in [2.75, 3.05) is 0 Å². The van der Waals surface area contributed by atoms with Gasteiger partial charge in [0.05, 0.1) is 6.61 Å². The summed E-state index contributed by atoms with van der Waals surface area (Å²) in [5.41, 5.74) is 2.74. The summed E-state index contributed by atoms with van der Waals surface area (Å²) in [7, 11) is 0. The molecule has 2 nitrogen and oxygen atoms in total. The number of hydrogen-bond acceptors (Lipinski definition) is 2. The number of benzene rings is 1. The molecule has 0 unspecified atom stereocenters. The molecule has 3 heteroatoms. The lowest BCUT2D eigenvalue weighted by Crippen LogP contribution is -1.92. The highest BCUT2D eigenvalue weighted by Crippen LogP contribution is 2.06. The van der Waals surface area contributed by atoms with Crippen LogP contribution >= 0.6 is 0 Å². The van der Waals surface area contributed by atoms with Gasteiger partial charge in [0.15, 0.2) is 0 Å². The number of hydrogen-bond donors (Lipinski definition) is 1. The number of aliphatic hydroxyl groups is 1. The van der Waals surface area contributed by atoms with Crippen LogP contribution in [-0.4, -0.2) is 10.1 Å². The van der Waals surface area contributed by atoms with E-state index in [4.69, 9.17) is 5.11 Å². The van der Waals surface area contributed by atoms with Crippen molar-refractivity contribution >= 4 is 0 Å². The van der Waals surface area contributed by atoms with E-state index < -0.39 is 0 Å². The number of aliphatic hydroxyl groups excluding tert-OH is 1. The second-order valence-corrected chi connectivity index (χ2v) is 3.92. The summed E-state index contributed by atoms with van der Waals surface area (Å²) < 4.78 is 13.0. The third-order valence-electron chi connectivity index (χ3n) is 2.36. The highest BCUT2D eigenvalue weighted by molar-refractivity contribution is 5.41. The van der Waals surface area contributed by atoms with Gasteiger partial charge in [0.25, 0.3) is 0 Å². The first-order chi connectivity index (χ1) is 8.67. The molecule has 1 heterocycles. The van der Waals surface area contributed by atoms with Crippen molar-refractivity contribution in [3.8, 4) is 11.8 Å². The SMILES string of the molecule is Cc1cc(CO)cc(C#Cc2cccc(F)c2)n1. The van der Waals surface area contributed by atoms with Crippen LogP contribution in [0.1, 0.15) is 22.5 Å². The van der Waals surface area contributed by atoms with Crippen LogP contribution in [0.25, 0.3) is 0 Å². The summed E-state index contributed by atoms with van der Waals surface area (Å²) in [5.74, 6) is 5.40. The zero-order valence-corrected chi connectivity index (χ0v) is 9.94. The monoisotopic (exact) mass is 241 g/mol. The lowest BCUT2D eigenvalue weighted by molar-refractivity contribution is 0.281. The summed E-state index contributed by atoms with van der Waals surface area (Å²) in [6, 6.07) is 9.61. The maximum atomic E-state index is 13.0. The molecule has 0 saturated carbocycles. The number of nitrogens with zero attached hydrogens (tertiary/aromatic N) is 1. The van der Waals surface area contributed by atoms with Crippen LogP contribution in [0.2, 0.25) is 0 Å². The molecule has 1 N–H and O–H groups in total. The first kappa shape index (κ1) is 12.3. The van der Waals surface area contributed by atoms with Crippen LogP contribution in [0.3, 0.4) is 0 Å². The molecule has 0 aliphatic carbocycles. The molecule has 0 spiro atoms. The van der Waals surface area contributed by atoms with Crippen molar-refractivity contribution in [2.24, 2.45) is 0 Å². The second kappa shape index (κ2) is 5.44. The zero-order valence-electron chi connectivity index (χ0n) is 9.94. The van der Waals surface area contributed by atoms with Crippen LogP contribution in [0.5, 0.6) is 0 Å². The Morgan fingerprint density at radius 2 is 2.06 bits per heavy atom. The molecular weight excluding hydrogens is 229 g/mol. The van der Waals surface area contributed by atoms with Crippen molar-refractivity contribution in [3.63, 3.8) is 0 Å². The van der Waals surface area contributed by atoms with E-state index in [-0.39, 0.29) is 12.4 Å². The van der Waals surface area contributed by atoms with Crippen LogP contribution in [0.15, 0.2) is 36.4 Å². The van der Waals surface area contributed by atoms with Gasteiger partial charge in [-0.15, -0.1) is 0 Å². The molecule has 0 bridgehead atoms. The Bertz CT molecular complexity index is 626. The van der Waals surface area contributed by atoms with E-state index in [1.807, 2.05) is 6.92 Å². The molecule has 0 fully saturated rings. The normalized spacial score (nSPS) is 9.72. The standard InChI is InChI=1S/C15H12FNO/c1-11-7-13(10-18)9-15(17-11)6-5-12-3-2-4-14(16)8-12/h2-4,7-9,18H,10H2,1H3. The minimum Gasteiger partial charge on any atom is -0.392 e. The highest BCUT2D eigenvalue weighted by Gasteiger charge is 1.97. The van der Waals surface area contributed by atoms with E-state index >= 15 is 0 Å². The molecule has 1 aromatic carbocycles. The van der Waals surface area contributed by atoms with Gasteiger partial charge < -0.3 is 5.11 Å². The van der Waals surface area contributed by atoms with Crippen LogP contribution < -0.4 is 0 Å². The lowest BCUT2D eigenvalue weighted by atomic mass is 10.2. The molecule has 0 atom stereocenters. The van der Waals surface area contributed by atoms with Gasteiger partial charge in [0.1, 0.15) is 11.5 Å². The first-order valence-electron chi connectivity index (χ1n) is 5.53.